The molecule has 82 valence electrons. The lowest BCUT2D eigenvalue weighted by atomic mass is 10.0. The summed E-state index contributed by atoms with van der Waals surface area (Å²) in [5, 5.41) is 12.6. The molecule has 1 aromatic rings. The number of phenolic OH excluding ortho intramolecular Hbond substituents is 1. The number of aromatic hydroxyl groups is 1. The van der Waals surface area contributed by atoms with Crippen molar-refractivity contribution >= 4 is 0 Å². The molecule has 0 aliphatic carbocycles. The first kappa shape index (κ1) is 10.2. The maximum Gasteiger partial charge on any atom is 0.194 e. The first-order valence-corrected chi connectivity index (χ1v) is 5.02. The van der Waals surface area contributed by atoms with Gasteiger partial charge in [-0.2, -0.15) is 0 Å². The van der Waals surface area contributed by atoms with Gasteiger partial charge in [-0.05, 0) is 37.1 Å². The Morgan fingerprint density at radius 3 is 2.93 bits per heavy atom. The number of hydrogen-bond donors (Lipinski definition) is 2. The number of benzene rings is 1. The second-order valence-electron chi connectivity index (χ2n) is 3.70. The van der Waals surface area contributed by atoms with E-state index in [2.05, 4.69) is 5.32 Å². The van der Waals surface area contributed by atoms with Crippen LogP contribution in [0.15, 0.2) is 12.1 Å². The van der Waals surface area contributed by atoms with Crippen molar-refractivity contribution in [3.63, 3.8) is 0 Å². The molecule has 2 rings (SSSR count). The summed E-state index contributed by atoms with van der Waals surface area (Å²) < 4.78 is 18.2. The third kappa shape index (κ3) is 1.90. The summed E-state index contributed by atoms with van der Waals surface area (Å²) in [5.41, 5.74) is 0.833. The second kappa shape index (κ2) is 4.06. The normalized spacial score (nSPS) is 20.5. The number of hydrogen-bond acceptors (Lipinski definition) is 3. The van der Waals surface area contributed by atoms with Gasteiger partial charge in [-0.15, -0.1) is 0 Å². The van der Waals surface area contributed by atoms with E-state index in [9.17, 15) is 9.50 Å². The van der Waals surface area contributed by atoms with Crippen LogP contribution in [0.4, 0.5) is 4.39 Å². The Morgan fingerprint density at radius 1 is 1.53 bits per heavy atom. The van der Waals surface area contributed by atoms with Gasteiger partial charge in [0.05, 0.1) is 7.11 Å². The van der Waals surface area contributed by atoms with E-state index in [1.807, 2.05) is 0 Å². The van der Waals surface area contributed by atoms with Crippen LogP contribution in [0.25, 0.3) is 0 Å². The van der Waals surface area contributed by atoms with E-state index in [0.717, 1.165) is 24.9 Å². The highest BCUT2D eigenvalue weighted by Crippen LogP contribution is 2.34. The van der Waals surface area contributed by atoms with E-state index in [0.29, 0.717) is 0 Å². The summed E-state index contributed by atoms with van der Waals surface area (Å²) in [6.07, 6.45) is 2.09. The summed E-state index contributed by atoms with van der Waals surface area (Å²) in [6.45, 7) is 0.954. The molecular formula is C11H14FNO2. The molecule has 1 aromatic carbocycles. The van der Waals surface area contributed by atoms with Crippen LogP contribution in [0.2, 0.25) is 0 Å². The molecule has 0 aromatic heterocycles. The smallest absolute Gasteiger partial charge is 0.194 e. The van der Waals surface area contributed by atoms with Crippen molar-refractivity contribution in [2.75, 3.05) is 13.7 Å². The minimum atomic E-state index is -0.627. The zero-order chi connectivity index (χ0) is 10.8. The monoisotopic (exact) mass is 211 g/mol. The van der Waals surface area contributed by atoms with E-state index in [-0.39, 0.29) is 11.8 Å². The van der Waals surface area contributed by atoms with Gasteiger partial charge < -0.3 is 15.2 Å². The number of methoxy groups -OCH3 is 1. The van der Waals surface area contributed by atoms with E-state index >= 15 is 0 Å². The van der Waals surface area contributed by atoms with Gasteiger partial charge in [-0.3, -0.25) is 0 Å². The van der Waals surface area contributed by atoms with Gasteiger partial charge in [-0.1, -0.05) is 0 Å². The molecule has 1 fully saturated rings. The molecule has 2 N–H and O–H groups in total. The molecule has 0 spiro atoms. The van der Waals surface area contributed by atoms with Crippen molar-refractivity contribution in [1.82, 2.24) is 5.32 Å². The highest BCUT2D eigenvalue weighted by atomic mass is 19.1. The van der Waals surface area contributed by atoms with Crippen molar-refractivity contribution in [2.45, 2.75) is 18.9 Å². The molecular weight excluding hydrogens is 197 g/mol. The fraction of sp³-hybridized carbons (Fsp3) is 0.455. The van der Waals surface area contributed by atoms with Gasteiger partial charge in [0, 0.05) is 6.04 Å². The van der Waals surface area contributed by atoms with Gasteiger partial charge in [-0.25, -0.2) is 4.39 Å². The predicted molar refractivity (Wildman–Crippen MR) is 54.6 cm³/mol. The molecule has 1 heterocycles. The summed E-state index contributed by atoms with van der Waals surface area (Å²) in [4.78, 5) is 0. The molecule has 1 saturated heterocycles. The highest BCUT2D eigenvalue weighted by Gasteiger charge is 2.19. The van der Waals surface area contributed by atoms with Crippen LogP contribution in [0.5, 0.6) is 11.5 Å². The minimum absolute atomic E-state index is 0.175. The zero-order valence-corrected chi connectivity index (χ0v) is 8.59. The van der Waals surface area contributed by atoms with Crippen molar-refractivity contribution in [1.29, 1.82) is 0 Å². The second-order valence-corrected chi connectivity index (χ2v) is 3.70. The molecule has 4 heteroatoms. The van der Waals surface area contributed by atoms with Crippen LogP contribution in [0, 0.1) is 5.82 Å². The van der Waals surface area contributed by atoms with Gasteiger partial charge in [0.15, 0.2) is 17.3 Å². The average molecular weight is 211 g/mol. The van der Waals surface area contributed by atoms with Crippen LogP contribution in [0.3, 0.4) is 0 Å². The third-order valence-electron chi connectivity index (χ3n) is 2.73. The molecule has 0 saturated carbocycles. The summed E-state index contributed by atoms with van der Waals surface area (Å²) in [5.74, 6) is -0.851. The summed E-state index contributed by atoms with van der Waals surface area (Å²) in [7, 11) is 1.42. The van der Waals surface area contributed by atoms with Crippen LogP contribution < -0.4 is 10.1 Å². The summed E-state index contributed by atoms with van der Waals surface area (Å²) in [6, 6.07) is 3.22. The van der Waals surface area contributed by atoms with Crippen LogP contribution >= 0.6 is 0 Å². The molecule has 1 aliphatic rings. The first-order chi connectivity index (χ1) is 7.22. The zero-order valence-electron chi connectivity index (χ0n) is 8.59. The van der Waals surface area contributed by atoms with Gasteiger partial charge >= 0.3 is 0 Å². The quantitative estimate of drug-likeness (QED) is 0.785. The molecule has 0 bridgehead atoms. The van der Waals surface area contributed by atoms with Gasteiger partial charge in [0.2, 0.25) is 0 Å². The number of rotatable bonds is 2. The minimum Gasteiger partial charge on any atom is -0.502 e. The predicted octanol–water partition coefficient (Wildman–Crippen LogP) is 1.96. The number of nitrogens with one attached hydrogen (secondary N) is 1. The maximum absolute atomic E-state index is 13.3. The van der Waals surface area contributed by atoms with E-state index in [1.165, 1.54) is 13.2 Å². The number of ether oxygens (including phenoxy) is 1. The maximum atomic E-state index is 13.3. The molecule has 3 nitrogen and oxygen atoms in total. The van der Waals surface area contributed by atoms with Crippen LogP contribution in [0.1, 0.15) is 24.4 Å². The van der Waals surface area contributed by atoms with E-state index in [1.54, 1.807) is 6.07 Å². The Balaban J connectivity index is 2.35. The van der Waals surface area contributed by atoms with Crippen molar-refractivity contribution in [3.05, 3.63) is 23.5 Å². The first-order valence-electron chi connectivity index (χ1n) is 5.02. The topological polar surface area (TPSA) is 41.5 Å². The average Bonchev–Trinajstić information content (AvgIpc) is 2.75. The highest BCUT2D eigenvalue weighted by molar-refractivity contribution is 5.44. The molecule has 0 radical (unpaired) electrons. The van der Waals surface area contributed by atoms with Crippen LogP contribution in [-0.2, 0) is 0 Å². The van der Waals surface area contributed by atoms with Crippen molar-refractivity contribution in [3.8, 4) is 11.5 Å². The van der Waals surface area contributed by atoms with Crippen molar-refractivity contribution in [2.24, 2.45) is 0 Å². The Morgan fingerprint density at radius 2 is 2.33 bits per heavy atom. The number of halogens is 1. The SMILES string of the molecule is COc1cc(C2CCCN2)cc(F)c1O. The Kier molecular flexibility index (Phi) is 2.77. The Labute approximate surface area is 87.9 Å². The van der Waals surface area contributed by atoms with Crippen molar-refractivity contribution < 1.29 is 14.2 Å². The third-order valence-corrected chi connectivity index (χ3v) is 2.73. The molecule has 1 unspecified atom stereocenters. The summed E-state index contributed by atoms with van der Waals surface area (Å²) >= 11 is 0. The lowest BCUT2D eigenvalue weighted by Gasteiger charge is -2.13. The fourth-order valence-electron chi connectivity index (χ4n) is 1.92. The molecule has 15 heavy (non-hydrogen) atoms. The van der Waals surface area contributed by atoms with Gasteiger partial charge in [0.1, 0.15) is 0 Å². The molecule has 1 aliphatic heterocycles. The Hall–Kier alpha value is -1.29. The molecule has 1 atom stereocenters. The van der Waals surface area contributed by atoms with E-state index in [4.69, 9.17) is 4.74 Å². The number of phenols is 1. The van der Waals surface area contributed by atoms with E-state index < -0.39 is 11.6 Å². The fourth-order valence-corrected chi connectivity index (χ4v) is 1.92. The largest absolute Gasteiger partial charge is 0.502 e. The van der Waals surface area contributed by atoms with Gasteiger partial charge in [0.25, 0.3) is 0 Å². The lowest BCUT2D eigenvalue weighted by Crippen LogP contribution is -2.13. The molecule has 0 amide bonds. The van der Waals surface area contributed by atoms with Crippen LogP contribution in [-0.4, -0.2) is 18.8 Å². The Bertz CT molecular complexity index is 362. The lowest BCUT2D eigenvalue weighted by molar-refractivity contribution is 0.355. The standard InChI is InChI=1S/C11H14FNO2/c1-15-10-6-7(5-8(12)11(10)14)9-3-2-4-13-9/h5-6,9,13-14H,2-4H2,1H3.